The molecule has 2 heterocycles. The molecule has 4 heteroatoms. The first kappa shape index (κ1) is 14.8. The Bertz CT molecular complexity index is 623. The number of aryl methyl sites for hydroxylation is 2. The number of nitrogens with zero attached hydrogens (tertiary/aromatic N) is 2. The van der Waals surface area contributed by atoms with Crippen LogP contribution < -0.4 is 0 Å². The molecular weight excluding hydrogens is 284 g/mol. The summed E-state index contributed by atoms with van der Waals surface area (Å²) in [5, 5.41) is 1.83. The first-order chi connectivity index (χ1) is 10.2. The van der Waals surface area contributed by atoms with E-state index in [2.05, 4.69) is 35.0 Å². The standard InChI is InChI=1S/C17H21ClN2O/c1-13-4-5-16-15(11-13)12-14(17(18)19-16)3-2-6-20-7-9-21-10-8-20/h4-5,11-12H,2-3,6-10H2,1H3. The Morgan fingerprint density at radius 3 is 2.86 bits per heavy atom. The monoisotopic (exact) mass is 304 g/mol. The molecule has 1 aliphatic heterocycles. The number of rotatable bonds is 4. The zero-order valence-electron chi connectivity index (χ0n) is 12.4. The summed E-state index contributed by atoms with van der Waals surface area (Å²) >= 11 is 6.32. The summed E-state index contributed by atoms with van der Waals surface area (Å²) in [6.45, 7) is 7.01. The Balaban J connectivity index is 1.66. The number of fused-ring (bicyclic) bond motifs is 1. The third-order valence-electron chi connectivity index (χ3n) is 4.02. The van der Waals surface area contributed by atoms with Crippen molar-refractivity contribution in [3.05, 3.63) is 40.5 Å². The fraction of sp³-hybridized carbons (Fsp3) is 0.471. The number of ether oxygens (including phenoxy) is 1. The van der Waals surface area contributed by atoms with E-state index >= 15 is 0 Å². The molecule has 0 aliphatic carbocycles. The second-order valence-corrected chi connectivity index (χ2v) is 6.05. The van der Waals surface area contributed by atoms with Gasteiger partial charge in [0.15, 0.2) is 0 Å². The Morgan fingerprint density at radius 2 is 2.05 bits per heavy atom. The molecule has 3 nitrogen and oxygen atoms in total. The van der Waals surface area contributed by atoms with Crippen LogP contribution in [0.5, 0.6) is 0 Å². The molecule has 0 saturated carbocycles. The summed E-state index contributed by atoms with van der Waals surface area (Å²) in [5.74, 6) is 0. The molecule has 0 atom stereocenters. The van der Waals surface area contributed by atoms with Crippen LogP contribution in [0.1, 0.15) is 17.5 Å². The fourth-order valence-corrected chi connectivity index (χ4v) is 3.05. The quantitative estimate of drug-likeness (QED) is 0.809. The Hall–Kier alpha value is -1.16. The van der Waals surface area contributed by atoms with E-state index in [1.54, 1.807) is 0 Å². The van der Waals surface area contributed by atoms with Crippen molar-refractivity contribution >= 4 is 22.5 Å². The van der Waals surface area contributed by atoms with Gasteiger partial charge in [0, 0.05) is 18.5 Å². The molecule has 21 heavy (non-hydrogen) atoms. The first-order valence-electron chi connectivity index (χ1n) is 7.58. The molecule has 2 aromatic rings. The van der Waals surface area contributed by atoms with Crippen molar-refractivity contribution in [1.82, 2.24) is 9.88 Å². The molecule has 1 fully saturated rings. The van der Waals surface area contributed by atoms with E-state index in [-0.39, 0.29) is 0 Å². The predicted molar refractivity (Wildman–Crippen MR) is 87.1 cm³/mol. The van der Waals surface area contributed by atoms with Gasteiger partial charge in [0.25, 0.3) is 0 Å². The summed E-state index contributed by atoms with van der Waals surface area (Å²) in [5.41, 5.74) is 3.39. The Labute approximate surface area is 130 Å². The van der Waals surface area contributed by atoms with Crippen molar-refractivity contribution in [1.29, 1.82) is 0 Å². The maximum absolute atomic E-state index is 6.32. The van der Waals surface area contributed by atoms with Crippen molar-refractivity contribution in [2.75, 3.05) is 32.8 Å². The topological polar surface area (TPSA) is 25.4 Å². The second kappa shape index (κ2) is 6.73. The van der Waals surface area contributed by atoms with E-state index in [9.17, 15) is 0 Å². The molecular formula is C17H21ClN2O. The van der Waals surface area contributed by atoms with Gasteiger partial charge in [-0.15, -0.1) is 0 Å². The molecule has 0 unspecified atom stereocenters. The predicted octanol–water partition coefficient (Wildman–Crippen LogP) is 3.46. The van der Waals surface area contributed by atoms with Gasteiger partial charge in [0.05, 0.1) is 18.7 Å². The summed E-state index contributed by atoms with van der Waals surface area (Å²) in [7, 11) is 0. The van der Waals surface area contributed by atoms with Crippen molar-refractivity contribution in [3.8, 4) is 0 Å². The smallest absolute Gasteiger partial charge is 0.132 e. The van der Waals surface area contributed by atoms with Crippen LogP contribution in [0, 0.1) is 6.92 Å². The van der Waals surface area contributed by atoms with Gasteiger partial charge in [0.2, 0.25) is 0 Å². The zero-order valence-corrected chi connectivity index (χ0v) is 13.2. The zero-order chi connectivity index (χ0) is 14.7. The van der Waals surface area contributed by atoms with Crippen molar-refractivity contribution in [2.24, 2.45) is 0 Å². The summed E-state index contributed by atoms with van der Waals surface area (Å²) in [6.07, 6.45) is 2.09. The molecule has 1 aliphatic rings. The van der Waals surface area contributed by atoms with E-state index in [0.717, 1.165) is 56.8 Å². The number of halogens is 1. The van der Waals surface area contributed by atoms with E-state index in [1.165, 1.54) is 10.9 Å². The Morgan fingerprint density at radius 1 is 1.24 bits per heavy atom. The summed E-state index contributed by atoms with van der Waals surface area (Å²) < 4.78 is 5.37. The average Bonchev–Trinajstić information content (AvgIpc) is 2.49. The lowest BCUT2D eigenvalue weighted by Gasteiger charge is -2.26. The van der Waals surface area contributed by atoms with Gasteiger partial charge in [0.1, 0.15) is 5.15 Å². The first-order valence-corrected chi connectivity index (χ1v) is 7.96. The number of morpholine rings is 1. The lowest BCUT2D eigenvalue weighted by molar-refractivity contribution is 0.0374. The third kappa shape index (κ3) is 3.73. The van der Waals surface area contributed by atoms with E-state index in [1.807, 2.05) is 6.07 Å². The molecule has 112 valence electrons. The molecule has 1 aromatic heterocycles. The van der Waals surface area contributed by atoms with Crippen LogP contribution in [0.15, 0.2) is 24.3 Å². The van der Waals surface area contributed by atoms with E-state index in [4.69, 9.17) is 16.3 Å². The van der Waals surface area contributed by atoms with Gasteiger partial charge in [-0.2, -0.15) is 0 Å². The van der Waals surface area contributed by atoms with Crippen molar-refractivity contribution in [2.45, 2.75) is 19.8 Å². The van der Waals surface area contributed by atoms with Crippen LogP contribution in [0.2, 0.25) is 5.15 Å². The lowest BCUT2D eigenvalue weighted by Crippen LogP contribution is -2.36. The van der Waals surface area contributed by atoms with Gasteiger partial charge in [-0.25, -0.2) is 4.98 Å². The second-order valence-electron chi connectivity index (χ2n) is 5.69. The molecule has 1 aromatic carbocycles. The number of aromatic nitrogens is 1. The molecule has 0 bridgehead atoms. The highest BCUT2D eigenvalue weighted by molar-refractivity contribution is 6.30. The number of hydrogen-bond acceptors (Lipinski definition) is 3. The molecule has 1 saturated heterocycles. The number of hydrogen-bond donors (Lipinski definition) is 0. The minimum Gasteiger partial charge on any atom is -0.379 e. The SMILES string of the molecule is Cc1ccc2nc(Cl)c(CCCN3CCOCC3)cc2c1. The Kier molecular flexibility index (Phi) is 4.73. The van der Waals surface area contributed by atoms with Crippen molar-refractivity contribution in [3.63, 3.8) is 0 Å². The highest BCUT2D eigenvalue weighted by atomic mass is 35.5. The van der Waals surface area contributed by atoms with Crippen molar-refractivity contribution < 1.29 is 4.74 Å². The van der Waals surface area contributed by atoms with Gasteiger partial charge < -0.3 is 4.74 Å². The van der Waals surface area contributed by atoms with Crippen LogP contribution in [0.25, 0.3) is 10.9 Å². The number of benzene rings is 1. The average molecular weight is 305 g/mol. The molecule has 0 N–H and O–H groups in total. The normalized spacial score (nSPS) is 16.5. The maximum Gasteiger partial charge on any atom is 0.132 e. The fourth-order valence-electron chi connectivity index (χ4n) is 2.81. The summed E-state index contributed by atoms with van der Waals surface area (Å²) in [6, 6.07) is 8.47. The minimum atomic E-state index is 0.647. The molecule has 0 spiro atoms. The van der Waals surface area contributed by atoms with E-state index in [0.29, 0.717) is 5.15 Å². The van der Waals surface area contributed by atoms with Crippen LogP contribution in [-0.4, -0.2) is 42.7 Å². The minimum absolute atomic E-state index is 0.647. The highest BCUT2D eigenvalue weighted by Gasteiger charge is 2.11. The van der Waals surface area contributed by atoms with Crippen LogP contribution in [0.3, 0.4) is 0 Å². The molecule has 3 rings (SSSR count). The maximum atomic E-state index is 6.32. The largest absolute Gasteiger partial charge is 0.379 e. The summed E-state index contributed by atoms with van der Waals surface area (Å²) in [4.78, 5) is 6.97. The highest BCUT2D eigenvalue weighted by Crippen LogP contribution is 2.22. The molecule has 0 radical (unpaired) electrons. The lowest BCUT2D eigenvalue weighted by atomic mass is 10.1. The van der Waals surface area contributed by atoms with Gasteiger partial charge in [-0.05, 0) is 50.1 Å². The van der Waals surface area contributed by atoms with Gasteiger partial charge in [-0.3, -0.25) is 4.90 Å². The van der Waals surface area contributed by atoms with Crippen LogP contribution in [0.4, 0.5) is 0 Å². The third-order valence-corrected chi connectivity index (χ3v) is 4.35. The molecule has 0 amide bonds. The number of pyridine rings is 1. The van der Waals surface area contributed by atoms with Gasteiger partial charge in [-0.1, -0.05) is 23.2 Å². The van der Waals surface area contributed by atoms with Crippen LogP contribution >= 0.6 is 11.6 Å². The van der Waals surface area contributed by atoms with E-state index < -0.39 is 0 Å². The van der Waals surface area contributed by atoms with Gasteiger partial charge >= 0.3 is 0 Å². The van der Waals surface area contributed by atoms with Crippen LogP contribution in [-0.2, 0) is 11.2 Å².